The lowest BCUT2D eigenvalue weighted by Gasteiger charge is -1.89. The Morgan fingerprint density at radius 2 is 2.36 bits per heavy atom. The van der Waals surface area contributed by atoms with Gasteiger partial charge in [-0.25, -0.2) is 4.98 Å². The van der Waals surface area contributed by atoms with Crippen LogP contribution >= 0.6 is 0 Å². The first kappa shape index (κ1) is 8.68. The molecule has 0 radical (unpaired) electrons. The molecular formula is C9H8N2O3. The number of rotatable bonds is 2. The third-order valence-corrected chi connectivity index (χ3v) is 1.94. The number of nitro groups is 1. The van der Waals surface area contributed by atoms with E-state index < -0.39 is 4.92 Å². The van der Waals surface area contributed by atoms with Crippen LogP contribution in [-0.2, 0) is 6.42 Å². The van der Waals surface area contributed by atoms with Crippen molar-refractivity contribution in [3.63, 3.8) is 0 Å². The Morgan fingerprint density at radius 3 is 3.00 bits per heavy atom. The van der Waals surface area contributed by atoms with E-state index in [9.17, 15) is 10.1 Å². The Labute approximate surface area is 79.5 Å². The van der Waals surface area contributed by atoms with E-state index in [1.165, 1.54) is 6.07 Å². The summed E-state index contributed by atoms with van der Waals surface area (Å²) in [6.07, 6.45) is 0.631. The first-order chi connectivity index (χ1) is 6.72. The molecule has 1 heterocycles. The summed E-state index contributed by atoms with van der Waals surface area (Å²) in [5.41, 5.74) is 0.764. The summed E-state index contributed by atoms with van der Waals surface area (Å²) in [6.45, 7) is 1.89. The molecule has 14 heavy (non-hydrogen) atoms. The maximum absolute atomic E-state index is 10.6. The number of nitrogens with zero attached hydrogens (tertiary/aromatic N) is 2. The van der Waals surface area contributed by atoms with Crippen molar-refractivity contribution in [2.24, 2.45) is 0 Å². The zero-order valence-corrected chi connectivity index (χ0v) is 7.56. The van der Waals surface area contributed by atoms with Crippen LogP contribution < -0.4 is 0 Å². The van der Waals surface area contributed by atoms with Crippen LogP contribution in [0, 0.1) is 10.1 Å². The Bertz CT molecular complexity index is 490. The SMILES string of the molecule is CCc1nc2cccc([N+](=O)[O-])c2o1. The van der Waals surface area contributed by atoms with Gasteiger partial charge in [-0.1, -0.05) is 13.0 Å². The van der Waals surface area contributed by atoms with Crippen LogP contribution in [0.15, 0.2) is 22.6 Å². The topological polar surface area (TPSA) is 69.2 Å². The number of hydrogen-bond donors (Lipinski definition) is 0. The van der Waals surface area contributed by atoms with Gasteiger partial charge in [0.25, 0.3) is 0 Å². The molecule has 5 nitrogen and oxygen atoms in total. The molecule has 0 aliphatic heterocycles. The lowest BCUT2D eigenvalue weighted by Crippen LogP contribution is -1.87. The van der Waals surface area contributed by atoms with Crippen LogP contribution in [0.5, 0.6) is 0 Å². The maximum Gasteiger partial charge on any atom is 0.313 e. The summed E-state index contributed by atoms with van der Waals surface area (Å²) >= 11 is 0. The van der Waals surface area contributed by atoms with Gasteiger partial charge in [0.05, 0.1) is 4.92 Å². The largest absolute Gasteiger partial charge is 0.433 e. The molecule has 1 aromatic carbocycles. The van der Waals surface area contributed by atoms with Crippen molar-refractivity contribution in [2.45, 2.75) is 13.3 Å². The molecule has 0 saturated carbocycles. The second-order valence-electron chi connectivity index (χ2n) is 2.84. The fraction of sp³-hybridized carbons (Fsp3) is 0.222. The quantitative estimate of drug-likeness (QED) is 0.540. The summed E-state index contributed by atoms with van der Waals surface area (Å²) in [6, 6.07) is 4.71. The fourth-order valence-corrected chi connectivity index (χ4v) is 1.28. The number of fused-ring (bicyclic) bond motifs is 1. The maximum atomic E-state index is 10.6. The van der Waals surface area contributed by atoms with E-state index >= 15 is 0 Å². The average molecular weight is 192 g/mol. The molecular weight excluding hydrogens is 184 g/mol. The molecule has 1 aromatic heterocycles. The van der Waals surface area contributed by atoms with Crippen molar-refractivity contribution < 1.29 is 9.34 Å². The molecule has 0 amide bonds. The number of nitro benzene ring substituents is 1. The number of hydrogen-bond acceptors (Lipinski definition) is 4. The van der Waals surface area contributed by atoms with E-state index in [1.807, 2.05) is 6.92 Å². The van der Waals surface area contributed by atoms with Gasteiger partial charge in [0, 0.05) is 12.5 Å². The van der Waals surface area contributed by atoms with Gasteiger partial charge in [-0.15, -0.1) is 0 Å². The molecule has 0 atom stereocenters. The number of aromatic nitrogens is 1. The van der Waals surface area contributed by atoms with E-state index in [0.717, 1.165) is 0 Å². The predicted molar refractivity (Wildman–Crippen MR) is 50.0 cm³/mol. The molecule has 72 valence electrons. The highest BCUT2D eigenvalue weighted by Gasteiger charge is 2.16. The summed E-state index contributed by atoms with van der Waals surface area (Å²) in [4.78, 5) is 14.3. The third kappa shape index (κ3) is 1.22. The zero-order valence-electron chi connectivity index (χ0n) is 7.56. The molecule has 0 unspecified atom stereocenters. The van der Waals surface area contributed by atoms with Gasteiger partial charge in [-0.05, 0) is 6.07 Å². The Balaban J connectivity index is 2.73. The second kappa shape index (κ2) is 3.10. The smallest absolute Gasteiger partial charge is 0.313 e. The Morgan fingerprint density at radius 1 is 1.57 bits per heavy atom. The molecule has 5 heteroatoms. The van der Waals surface area contributed by atoms with Crippen LogP contribution in [0.25, 0.3) is 11.1 Å². The Hall–Kier alpha value is -1.91. The van der Waals surface area contributed by atoms with Gasteiger partial charge in [0.1, 0.15) is 5.52 Å². The normalized spacial score (nSPS) is 10.6. The monoisotopic (exact) mass is 192 g/mol. The number of oxazole rings is 1. The average Bonchev–Trinajstić information content (AvgIpc) is 2.59. The van der Waals surface area contributed by atoms with Gasteiger partial charge in [0.2, 0.25) is 5.58 Å². The highest BCUT2D eigenvalue weighted by Crippen LogP contribution is 2.25. The van der Waals surface area contributed by atoms with Crippen LogP contribution in [0.3, 0.4) is 0 Å². The highest BCUT2D eigenvalue weighted by molar-refractivity contribution is 5.82. The number of benzene rings is 1. The molecule has 0 spiro atoms. The van der Waals surface area contributed by atoms with Crippen molar-refractivity contribution in [3.8, 4) is 0 Å². The van der Waals surface area contributed by atoms with Crippen molar-refractivity contribution in [1.29, 1.82) is 0 Å². The van der Waals surface area contributed by atoms with Crippen LogP contribution in [0.1, 0.15) is 12.8 Å². The molecule has 0 fully saturated rings. The number of non-ortho nitro benzene ring substituents is 1. The minimum absolute atomic E-state index is 0.0327. The van der Waals surface area contributed by atoms with Gasteiger partial charge >= 0.3 is 5.69 Å². The summed E-state index contributed by atoms with van der Waals surface area (Å²) in [5.74, 6) is 0.523. The van der Waals surface area contributed by atoms with Gasteiger partial charge < -0.3 is 4.42 Å². The molecule has 2 aromatic rings. The summed E-state index contributed by atoms with van der Waals surface area (Å²) in [7, 11) is 0. The Kier molecular flexibility index (Phi) is 1.92. The lowest BCUT2D eigenvalue weighted by molar-refractivity contribution is -0.383. The van der Waals surface area contributed by atoms with E-state index in [0.29, 0.717) is 17.8 Å². The van der Waals surface area contributed by atoms with Gasteiger partial charge in [-0.2, -0.15) is 0 Å². The first-order valence-corrected chi connectivity index (χ1v) is 4.25. The molecule has 0 aliphatic carbocycles. The number of aryl methyl sites for hydroxylation is 1. The van der Waals surface area contributed by atoms with Crippen molar-refractivity contribution in [2.75, 3.05) is 0 Å². The van der Waals surface area contributed by atoms with Gasteiger partial charge in [-0.3, -0.25) is 10.1 Å². The molecule has 0 bridgehead atoms. The van der Waals surface area contributed by atoms with E-state index in [-0.39, 0.29) is 11.3 Å². The van der Waals surface area contributed by atoms with Crippen LogP contribution in [0.4, 0.5) is 5.69 Å². The van der Waals surface area contributed by atoms with Crippen LogP contribution in [0.2, 0.25) is 0 Å². The van der Waals surface area contributed by atoms with Crippen LogP contribution in [-0.4, -0.2) is 9.91 Å². The third-order valence-electron chi connectivity index (χ3n) is 1.94. The molecule has 0 saturated heterocycles. The van der Waals surface area contributed by atoms with Crippen molar-refractivity contribution in [1.82, 2.24) is 4.98 Å². The second-order valence-corrected chi connectivity index (χ2v) is 2.84. The highest BCUT2D eigenvalue weighted by atomic mass is 16.6. The fourth-order valence-electron chi connectivity index (χ4n) is 1.28. The summed E-state index contributed by atoms with van der Waals surface area (Å²) < 4.78 is 5.26. The minimum Gasteiger partial charge on any atom is -0.433 e. The lowest BCUT2D eigenvalue weighted by atomic mass is 10.3. The minimum atomic E-state index is -0.465. The van der Waals surface area contributed by atoms with Crippen molar-refractivity contribution in [3.05, 3.63) is 34.2 Å². The summed E-state index contributed by atoms with van der Waals surface area (Å²) in [5, 5.41) is 10.6. The van der Waals surface area contributed by atoms with E-state index in [1.54, 1.807) is 12.1 Å². The molecule has 0 N–H and O–H groups in total. The van der Waals surface area contributed by atoms with E-state index in [4.69, 9.17) is 4.42 Å². The predicted octanol–water partition coefficient (Wildman–Crippen LogP) is 2.30. The first-order valence-electron chi connectivity index (χ1n) is 4.25. The molecule has 0 aliphatic rings. The number of para-hydroxylation sites is 1. The standard InChI is InChI=1S/C9H8N2O3/c1-2-8-10-6-4-3-5-7(11(12)13)9(6)14-8/h3-5H,2H2,1H3. The zero-order chi connectivity index (χ0) is 10.1. The molecule has 2 rings (SSSR count). The van der Waals surface area contributed by atoms with Gasteiger partial charge in [0.15, 0.2) is 5.89 Å². The van der Waals surface area contributed by atoms with Crippen molar-refractivity contribution >= 4 is 16.8 Å². The van der Waals surface area contributed by atoms with E-state index in [2.05, 4.69) is 4.98 Å².